The van der Waals surface area contributed by atoms with Crippen LogP contribution in [0.1, 0.15) is 37.8 Å². The van der Waals surface area contributed by atoms with E-state index in [1.165, 1.54) is 25.7 Å². The van der Waals surface area contributed by atoms with Crippen molar-refractivity contribution in [1.29, 1.82) is 0 Å². The third-order valence-corrected chi connectivity index (χ3v) is 5.77. The molecular weight excluding hydrogens is 322 g/mol. The summed E-state index contributed by atoms with van der Waals surface area (Å²) in [5, 5.41) is 9.99. The van der Waals surface area contributed by atoms with E-state index in [0.29, 0.717) is 12.0 Å². The summed E-state index contributed by atoms with van der Waals surface area (Å²) in [5.41, 5.74) is 1.40. The van der Waals surface area contributed by atoms with Crippen LogP contribution < -0.4 is 15.5 Å². The number of guanidine groups is 1. The van der Waals surface area contributed by atoms with Gasteiger partial charge in [-0.1, -0.05) is 12.8 Å². The molecule has 0 radical (unpaired) electrons. The van der Waals surface area contributed by atoms with Crippen LogP contribution in [0.3, 0.4) is 0 Å². The summed E-state index contributed by atoms with van der Waals surface area (Å²) in [5.74, 6) is 0.845. The summed E-state index contributed by atoms with van der Waals surface area (Å²) in [6, 6.07) is 0. The fourth-order valence-corrected chi connectivity index (χ4v) is 3.97. The lowest BCUT2D eigenvalue weighted by molar-refractivity contribution is 0.138. The van der Waals surface area contributed by atoms with E-state index in [9.17, 15) is 0 Å². The lowest BCUT2D eigenvalue weighted by Crippen LogP contribution is -2.43. The second-order valence-electron chi connectivity index (χ2n) is 6.75. The Morgan fingerprint density at radius 3 is 2.71 bits per heavy atom. The molecule has 1 aromatic heterocycles. The summed E-state index contributed by atoms with van der Waals surface area (Å²) in [7, 11) is 7.62. The fourth-order valence-electron chi connectivity index (χ4n) is 3.21. The molecule has 0 aliphatic heterocycles. The molecular formula is C17H31N5OS. The van der Waals surface area contributed by atoms with Gasteiger partial charge < -0.3 is 20.3 Å². The van der Waals surface area contributed by atoms with Crippen LogP contribution in [-0.2, 0) is 11.3 Å². The van der Waals surface area contributed by atoms with E-state index in [-0.39, 0.29) is 0 Å². The third-order valence-electron chi connectivity index (χ3n) is 4.71. The van der Waals surface area contributed by atoms with Crippen LogP contribution in [0.4, 0.5) is 5.13 Å². The molecule has 1 fully saturated rings. The molecule has 0 atom stereocenters. The molecule has 0 saturated heterocycles. The van der Waals surface area contributed by atoms with E-state index in [4.69, 9.17) is 4.74 Å². The molecule has 0 spiro atoms. The SMILES string of the molecule is CN=C(NCc1csc(N(C)C)n1)NCC1(CCOC)CCCC1. The van der Waals surface area contributed by atoms with Crippen LogP contribution in [0.15, 0.2) is 10.4 Å². The normalized spacial score (nSPS) is 17.1. The largest absolute Gasteiger partial charge is 0.385 e. The molecule has 0 bridgehead atoms. The van der Waals surface area contributed by atoms with Crippen LogP contribution >= 0.6 is 11.3 Å². The number of ether oxygens (including phenoxy) is 1. The highest BCUT2D eigenvalue weighted by molar-refractivity contribution is 7.13. The van der Waals surface area contributed by atoms with Crippen molar-refractivity contribution in [2.75, 3.05) is 46.3 Å². The number of anilines is 1. The minimum Gasteiger partial charge on any atom is -0.385 e. The second-order valence-corrected chi connectivity index (χ2v) is 7.58. The molecule has 136 valence electrons. The van der Waals surface area contributed by atoms with E-state index in [2.05, 4.69) is 26.0 Å². The van der Waals surface area contributed by atoms with Crippen molar-refractivity contribution in [2.45, 2.75) is 38.6 Å². The van der Waals surface area contributed by atoms with Gasteiger partial charge in [0.15, 0.2) is 11.1 Å². The second kappa shape index (κ2) is 9.22. The number of hydrogen-bond acceptors (Lipinski definition) is 5. The van der Waals surface area contributed by atoms with Gasteiger partial charge in [-0.05, 0) is 24.7 Å². The topological polar surface area (TPSA) is 61.8 Å². The highest BCUT2D eigenvalue weighted by Gasteiger charge is 2.33. The van der Waals surface area contributed by atoms with Gasteiger partial charge >= 0.3 is 0 Å². The monoisotopic (exact) mass is 353 g/mol. The molecule has 1 saturated carbocycles. The Morgan fingerprint density at radius 1 is 1.38 bits per heavy atom. The molecule has 2 rings (SSSR count). The average Bonchev–Trinajstić information content (AvgIpc) is 3.23. The maximum atomic E-state index is 5.30. The van der Waals surface area contributed by atoms with Crippen LogP contribution in [0.5, 0.6) is 0 Å². The average molecular weight is 354 g/mol. The van der Waals surface area contributed by atoms with Crippen LogP contribution in [0.2, 0.25) is 0 Å². The van der Waals surface area contributed by atoms with Gasteiger partial charge in [0, 0.05) is 46.8 Å². The van der Waals surface area contributed by atoms with Gasteiger partial charge in [-0.2, -0.15) is 0 Å². The van der Waals surface area contributed by atoms with Crippen LogP contribution in [0, 0.1) is 5.41 Å². The van der Waals surface area contributed by atoms with E-state index < -0.39 is 0 Å². The Kier molecular flexibility index (Phi) is 7.30. The molecule has 24 heavy (non-hydrogen) atoms. The zero-order valence-electron chi connectivity index (χ0n) is 15.4. The molecule has 1 aromatic rings. The van der Waals surface area contributed by atoms with Gasteiger partial charge in [-0.25, -0.2) is 4.98 Å². The highest BCUT2D eigenvalue weighted by atomic mass is 32.1. The number of methoxy groups -OCH3 is 1. The van der Waals surface area contributed by atoms with E-state index >= 15 is 0 Å². The van der Waals surface area contributed by atoms with Crippen molar-refractivity contribution in [1.82, 2.24) is 15.6 Å². The molecule has 6 nitrogen and oxygen atoms in total. The first kappa shape index (κ1) is 19.0. The van der Waals surface area contributed by atoms with Crippen LogP contribution in [-0.4, -0.2) is 52.3 Å². The number of aliphatic imine (C=N–C) groups is 1. The maximum Gasteiger partial charge on any atom is 0.191 e. The smallest absolute Gasteiger partial charge is 0.191 e. The lowest BCUT2D eigenvalue weighted by Gasteiger charge is -2.29. The first-order valence-corrected chi connectivity index (χ1v) is 9.52. The number of thiazole rings is 1. The van der Waals surface area contributed by atoms with Crippen molar-refractivity contribution in [3.63, 3.8) is 0 Å². The van der Waals surface area contributed by atoms with Crippen molar-refractivity contribution in [3.05, 3.63) is 11.1 Å². The minimum absolute atomic E-state index is 0.354. The summed E-state index contributed by atoms with van der Waals surface area (Å²) in [6.07, 6.45) is 6.32. The predicted octanol–water partition coefficient (Wildman–Crippen LogP) is 2.47. The molecule has 0 aromatic carbocycles. The van der Waals surface area contributed by atoms with E-state index in [0.717, 1.165) is 36.4 Å². The quantitative estimate of drug-likeness (QED) is 0.555. The van der Waals surface area contributed by atoms with Gasteiger partial charge in [0.2, 0.25) is 0 Å². The summed E-state index contributed by atoms with van der Waals surface area (Å²) < 4.78 is 5.30. The number of nitrogens with zero attached hydrogens (tertiary/aromatic N) is 3. The number of rotatable bonds is 8. The van der Waals surface area contributed by atoms with Gasteiger partial charge in [0.25, 0.3) is 0 Å². The van der Waals surface area contributed by atoms with Gasteiger partial charge in [-0.3, -0.25) is 4.99 Å². The number of aromatic nitrogens is 1. The van der Waals surface area contributed by atoms with Crippen molar-refractivity contribution < 1.29 is 4.74 Å². The Bertz CT molecular complexity index is 523. The summed E-state index contributed by atoms with van der Waals surface area (Å²) in [4.78, 5) is 11.0. The molecule has 0 unspecified atom stereocenters. The Labute approximate surface area is 149 Å². The Balaban J connectivity index is 1.82. The molecule has 1 aliphatic carbocycles. The van der Waals surface area contributed by atoms with Gasteiger partial charge in [-0.15, -0.1) is 11.3 Å². The third kappa shape index (κ3) is 5.34. The van der Waals surface area contributed by atoms with Crippen molar-refractivity contribution in [2.24, 2.45) is 10.4 Å². The van der Waals surface area contributed by atoms with E-state index in [1.54, 1.807) is 18.4 Å². The first-order chi connectivity index (χ1) is 11.6. The fraction of sp³-hybridized carbons (Fsp3) is 0.765. The lowest BCUT2D eigenvalue weighted by atomic mass is 9.83. The zero-order chi connectivity index (χ0) is 17.4. The van der Waals surface area contributed by atoms with Crippen molar-refractivity contribution in [3.8, 4) is 0 Å². The minimum atomic E-state index is 0.354. The zero-order valence-corrected chi connectivity index (χ0v) is 16.2. The van der Waals surface area contributed by atoms with E-state index in [1.807, 2.05) is 26.0 Å². The summed E-state index contributed by atoms with van der Waals surface area (Å²) >= 11 is 1.66. The number of nitrogens with one attached hydrogen (secondary N) is 2. The van der Waals surface area contributed by atoms with Crippen LogP contribution in [0.25, 0.3) is 0 Å². The first-order valence-electron chi connectivity index (χ1n) is 8.64. The molecule has 1 heterocycles. The standard InChI is InChI=1S/C17H31N5OS/c1-18-15(19-11-14-12-24-16(21-14)22(2)3)20-13-17(9-10-23-4)7-5-6-8-17/h12H,5-11,13H2,1-4H3,(H2,18,19,20). The maximum absolute atomic E-state index is 5.30. The highest BCUT2D eigenvalue weighted by Crippen LogP contribution is 2.40. The Hall–Kier alpha value is -1.34. The number of hydrogen-bond donors (Lipinski definition) is 2. The summed E-state index contributed by atoms with van der Waals surface area (Å²) in [6.45, 7) is 2.48. The molecule has 0 amide bonds. The molecule has 7 heteroatoms. The van der Waals surface area contributed by atoms with Gasteiger partial charge in [0.1, 0.15) is 0 Å². The molecule has 1 aliphatic rings. The molecule has 2 N–H and O–H groups in total. The van der Waals surface area contributed by atoms with Crippen molar-refractivity contribution >= 4 is 22.4 Å². The predicted molar refractivity (Wildman–Crippen MR) is 102 cm³/mol. The van der Waals surface area contributed by atoms with Gasteiger partial charge in [0.05, 0.1) is 12.2 Å². The Morgan fingerprint density at radius 2 is 2.12 bits per heavy atom.